The highest BCUT2D eigenvalue weighted by Gasteiger charge is 2.25. The van der Waals surface area contributed by atoms with Gasteiger partial charge in [-0.25, -0.2) is 14.6 Å². The van der Waals surface area contributed by atoms with Gasteiger partial charge in [0.15, 0.2) is 5.82 Å². The van der Waals surface area contributed by atoms with Gasteiger partial charge in [0.1, 0.15) is 11.6 Å². The van der Waals surface area contributed by atoms with Gasteiger partial charge in [-0.05, 0) is 56.0 Å². The lowest BCUT2D eigenvalue weighted by Gasteiger charge is -2.22. The Hall–Kier alpha value is -3.67. The molecule has 4 aromatic rings. The molecule has 5 rings (SSSR count). The molecular formula is C26H27N5O. The highest BCUT2D eigenvalue weighted by Crippen LogP contribution is 2.32. The lowest BCUT2D eigenvalue weighted by Crippen LogP contribution is -2.17. The molecule has 0 saturated heterocycles. The van der Waals surface area contributed by atoms with Crippen molar-refractivity contribution in [3.05, 3.63) is 89.0 Å². The van der Waals surface area contributed by atoms with E-state index in [9.17, 15) is 0 Å². The van der Waals surface area contributed by atoms with Crippen molar-refractivity contribution in [3.63, 3.8) is 0 Å². The van der Waals surface area contributed by atoms with Crippen LogP contribution >= 0.6 is 0 Å². The van der Waals surface area contributed by atoms with Crippen molar-refractivity contribution in [2.45, 2.75) is 39.2 Å². The fourth-order valence-corrected chi connectivity index (χ4v) is 4.29. The molecule has 0 aliphatic carbocycles. The van der Waals surface area contributed by atoms with Crippen LogP contribution in [0.5, 0.6) is 5.75 Å². The Morgan fingerprint density at radius 2 is 1.91 bits per heavy atom. The zero-order valence-corrected chi connectivity index (χ0v) is 18.7. The molecule has 0 saturated carbocycles. The molecule has 1 atom stereocenters. The number of benzene rings is 2. The van der Waals surface area contributed by atoms with Crippen LogP contribution in [-0.2, 0) is 6.54 Å². The number of rotatable bonds is 5. The van der Waals surface area contributed by atoms with E-state index in [4.69, 9.17) is 14.8 Å². The van der Waals surface area contributed by atoms with Crippen LogP contribution in [0.15, 0.2) is 55.0 Å². The maximum atomic E-state index is 5.62. The van der Waals surface area contributed by atoms with Crippen LogP contribution in [0.1, 0.15) is 52.8 Å². The number of hydrogen-bond donors (Lipinski definition) is 0. The second-order valence-electron chi connectivity index (χ2n) is 8.34. The Bertz CT molecular complexity index is 1270. The first-order chi connectivity index (χ1) is 15.6. The van der Waals surface area contributed by atoms with E-state index in [0.29, 0.717) is 5.92 Å². The van der Waals surface area contributed by atoms with E-state index in [1.54, 1.807) is 13.4 Å². The Kier molecular flexibility index (Phi) is 5.35. The molecule has 0 bridgehead atoms. The van der Waals surface area contributed by atoms with E-state index in [-0.39, 0.29) is 0 Å². The summed E-state index contributed by atoms with van der Waals surface area (Å²) in [5.41, 5.74) is 5.55. The van der Waals surface area contributed by atoms with E-state index in [2.05, 4.69) is 46.9 Å². The average molecular weight is 426 g/mol. The number of aromatic nitrogens is 5. The highest BCUT2D eigenvalue weighted by atomic mass is 16.5. The van der Waals surface area contributed by atoms with Crippen molar-refractivity contribution in [3.8, 4) is 11.4 Å². The standard InChI is InChI=1S/C26H27N5O/c1-18-6-10-21(11-7-18)22-5-4-14-31-26(22)28-25(29-31)13-9-20-8-12-23(24(15-20)32-3)30-16-19(2)27-17-30/h6-13,15-17,22H,4-5,14H2,1-3H3/b13-9+/t22-/m0/s1. The molecule has 0 N–H and O–H groups in total. The highest BCUT2D eigenvalue weighted by molar-refractivity contribution is 5.69. The van der Waals surface area contributed by atoms with Gasteiger partial charge in [-0.2, -0.15) is 5.10 Å². The Labute approximate surface area is 188 Å². The van der Waals surface area contributed by atoms with E-state index in [0.717, 1.165) is 53.7 Å². The summed E-state index contributed by atoms with van der Waals surface area (Å²) >= 11 is 0. The topological polar surface area (TPSA) is 57.8 Å². The van der Waals surface area contributed by atoms with Crippen LogP contribution in [0.3, 0.4) is 0 Å². The van der Waals surface area contributed by atoms with E-state index in [1.165, 1.54) is 11.1 Å². The van der Waals surface area contributed by atoms with Crippen LogP contribution in [0.4, 0.5) is 0 Å². The SMILES string of the molecule is COc1cc(/C=C/c2nc3n(n2)CCC[C@H]3c2ccc(C)cc2)ccc1-n1cnc(C)c1. The molecule has 32 heavy (non-hydrogen) atoms. The number of hydrogen-bond acceptors (Lipinski definition) is 4. The maximum Gasteiger partial charge on any atom is 0.174 e. The number of fused-ring (bicyclic) bond motifs is 1. The van der Waals surface area contributed by atoms with Crippen LogP contribution in [0, 0.1) is 13.8 Å². The third-order valence-electron chi connectivity index (χ3n) is 5.99. The maximum absolute atomic E-state index is 5.62. The molecule has 2 aromatic carbocycles. The Morgan fingerprint density at radius 1 is 1.06 bits per heavy atom. The van der Waals surface area contributed by atoms with Gasteiger partial charge in [0.05, 0.1) is 24.8 Å². The fraction of sp³-hybridized carbons (Fsp3) is 0.269. The van der Waals surface area contributed by atoms with Crippen molar-refractivity contribution in [2.24, 2.45) is 0 Å². The van der Waals surface area contributed by atoms with Crippen molar-refractivity contribution in [2.75, 3.05) is 7.11 Å². The normalized spacial score (nSPS) is 15.8. The molecule has 0 unspecified atom stereocenters. The fourth-order valence-electron chi connectivity index (χ4n) is 4.29. The molecule has 2 aromatic heterocycles. The number of imidazole rings is 1. The third-order valence-corrected chi connectivity index (χ3v) is 5.99. The summed E-state index contributed by atoms with van der Waals surface area (Å²) in [6.45, 7) is 5.01. The third kappa shape index (κ3) is 3.96. The van der Waals surface area contributed by atoms with Crippen LogP contribution in [-0.4, -0.2) is 31.4 Å². The van der Waals surface area contributed by atoms with Crippen LogP contribution in [0.25, 0.3) is 17.8 Å². The summed E-state index contributed by atoms with van der Waals surface area (Å²) in [6.07, 6.45) is 10.0. The largest absolute Gasteiger partial charge is 0.495 e. The molecule has 1 aliphatic heterocycles. The molecule has 0 amide bonds. The average Bonchev–Trinajstić information content (AvgIpc) is 3.43. The van der Waals surface area contributed by atoms with Crippen molar-refractivity contribution in [1.29, 1.82) is 0 Å². The zero-order chi connectivity index (χ0) is 22.1. The summed E-state index contributed by atoms with van der Waals surface area (Å²) in [6, 6.07) is 14.9. The van der Waals surface area contributed by atoms with E-state index >= 15 is 0 Å². The summed E-state index contributed by atoms with van der Waals surface area (Å²) in [5, 5.41) is 4.74. The Balaban J connectivity index is 1.40. The molecule has 0 fully saturated rings. The van der Waals surface area contributed by atoms with Gasteiger partial charge in [0, 0.05) is 18.7 Å². The first-order valence-electron chi connectivity index (χ1n) is 11.0. The van der Waals surface area contributed by atoms with Crippen molar-refractivity contribution >= 4 is 12.2 Å². The van der Waals surface area contributed by atoms with Crippen molar-refractivity contribution in [1.82, 2.24) is 24.3 Å². The van der Waals surface area contributed by atoms with E-state index < -0.39 is 0 Å². The number of ether oxygens (including phenoxy) is 1. The molecule has 3 heterocycles. The molecule has 6 heteroatoms. The predicted molar refractivity (Wildman–Crippen MR) is 126 cm³/mol. The first-order valence-corrected chi connectivity index (χ1v) is 11.0. The second kappa shape index (κ2) is 8.46. The van der Waals surface area contributed by atoms with Gasteiger partial charge < -0.3 is 9.30 Å². The molecular weight excluding hydrogens is 398 g/mol. The van der Waals surface area contributed by atoms with Crippen molar-refractivity contribution < 1.29 is 4.74 Å². The van der Waals surface area contributed by atoms with Gasteiger partial charge in [-0.3, -0.25) is 0 Å². The number of nitrogens with zero attached hydrogens (tertiary/aromatic N) is 5. The zero-order valence-electron chi connectivity index (χ0n) is 18.7. The summed E-state index contributed by atoms with van der Waals surface area (Å²) in [5.74, 6) is 2.90. The summed E-state index contributed by atoms with van der Waals surface area (Å²) in [7, 11) is 1.69. The van der Waals surface area contributed by atoms with E-state index in [1.807, 2.05) is 42.0 Å². The monoisotopic (exact) mass is 425 g/mol. The van der Waals surface area contributed by atoms with Crippen LogP contribution < -0.4 is 4.74 Å². The van der Waals surface area contributed by atoms with Crippen LogP contribution in [0.2, 0.25) is 0 Å². The lowest BCUT2D eigenvalue weighted by molar-refractivity contribution is 0.413. The quantitative estimate of drug-likeness (QED) is 0.442. The summed E-state index contributed by atoms with van der Waals surface area (Å²) < 4.78 is 9.66. The van der Waals surface area contributed by atoms with Gasteiger partial charge in [0.2, 0.25) is 0 Å². The summed E-state index contributed by atoms with van der Waals surface area (Å²) in [4.78, 5) is 9.18. The minimum absolute atomic E-state index is 0.303. The molecule has 0 spiro atoms. The Morgan fingerprint density at radius 3 is 2.66 bits per heavy atom. The second-order valence-corrected chi connectivity index (χ2v) is 8.34. The van der Waals surface area contributed by atoms with Gasteiger partial charge in [0.25, 0.3) is 0 Å². The minimum atomic E-state index is 0.303. The number of methoxy groups -OCH3 is 1. The predicted octanol–water partition coefficient (Wildman–Crippen LogP) is 5.19. The lowest BCUT2D eigenvalue weighted by atomic mass is 9.91. The molecule has 1 aliphatic rings. The smallest absolute Gasteiger partial charge is 0.174 e. The molecule has 162 valence electrons. The van der Waals surface area contributed by atoms with Gasteiger partial charge in [-0.1, -0.05) is 42.0 Å². The molecule has 6 nitrogen and oxygen atoms in total. The van der Waals surface area contributed by atoms with Gasteiger partial charge >= 0.3 is 0 Å². The molecule has 0 radical (unpaired) electrons. The number of aryl methyl sites for hydroxylation is 3. The first kappa shape index (κ1) is 20.2. The minimum Gasteiger partial charge on any atom is -0.495 e. The van der Waals surface area contributed by atoms with Gasteiger partial charge in [-0.15, -0.1) is 0 Å².